The fourth-order valence-corrected chi connectivity index (χ4v) is 3.56. The number of nitrogens with one attached hydrogen (secondary N) is 3. The number of aliphatic imine (C=N–C) groups is 1. The van der Waals surface area contributed by atoms with E-state index in [9.17, 15) is 9.59 Å². The van der Waals surface area contributed by atoms with E-state index in [1.54, 1.807) is 0 Å². The normalized spacial score (nSPS) is 16.6. The number of hydrogen-bond donors (Lipinski definition) is 3. The molecule has 0 aliphatic carbocycles. The van der Waals surface area contributed by atoms with Crippen molar-refractivity contribution in [2.75, 3.05) is 10.6 Å². The van der Waals surface area contributed by atoms with Crippen molar-refractivity contribution in [1.29, 1.82) is 0 Å². The van der Waals surface area contributed by atoms with E-state index in [2.05, 4.69) is 25.9 Å². The quantitative estimate of drug-likeness (QED) is 0.652. The van der Waals surface area contributed by atoms with Crippen molar-refractivity contribution in [2.24, 2.45) is 4.99 Å². The van der Waals surface area contributed by atoms with E-state index in [1.807, 2.05) is 55.5 Å². The van der Waals surface area contributed by atoms with Gasteiger partial charge in [0.15, 0.2) is 5.13 Å². The zero-order valence-corrected chi connectivity index (χ0v) is 15.3. The van der Waals surface area contributed by atoms with Gasteiger partial charge in [-0.2, -0.15) is 0 Å². The van der Waals surface area contributed by atoms with Crippen molar-refractivity contribution in [2.45, 2.75) is 19.4 Å². The second-order valence-corrected chi connectivity index (χ2v) is 7.24. The van der Waals surface area contributed by atoms with Gasteiger partial charge in [-0.1, -0.05) is 41.2 Å². The van der Waals surface area contributed by atoms with Crippen molar-refractivity contribution >= 4 is 50.1 Å². The first kappa shape index (κ1) is 17.2. The summed E-state index contributed by atoms with van der Waals surface area (Å²) in [5, 5.41) is 9.06. The van der Waals surface area contributed by atoms with Gasteiger partial charge in [-0.05, 0) is 31.2 Å². The first-order chi connectivity index (χ1) is 13.1. The third-order valence-corrected chi connectivity index (χ3v) is 5.01. The summed E-state index contributed by atoms with van der Waals surface area (Å²) >= 11 is 1.45. The van der Waals surface area contributed by atoms with Gasteiger partial charge in [-0.15, -0.1) is 0 Å². The lowest BCUT2D eigenvalue weighted by Crippen LogP contribution is -2.45. The maximum Gasteiger partial charge on any atom is 0.249 e. The molecule has 3 aromatic rings. The summed E-state index contributed by atoms with van der Waals surface area (Å²) < 4.78 is 1.02. The predicted molar refractivity (Wildman–Crippen MR) is 107 cm³/mol. The van der Waals surface area contributed by atoms with Crippen LogP contribution in [0.25, 0.3) is 10.2 Å². The largest absolute Gasteiger partial charge is 0.324 e. The molecule has 0 bridgehead atoms. The molecule has 0 fully saturated rings. The van der Waals surface area contributed by atoms with Gasteiger partial charge in [0.05, 0.1) is 16.6 Å². The van der Waals surface area contributed by atoms with Gasteiger partial charge in [0, 0.05) is 5.69 Å². The molecule has 0 saturated heterocycles. The highest BCUT2D eigenvalue weighted by Crippen LogP contribution is 2.25. The Hall–Kier alpha value is -3.26. The van der Waals surface area contributed by atoms with Crippen molar-refractivity contribution in [3.05, 3.63) is 54.1 Å². The van der Waals surface area contributed by atoms with Gasteiger partial charge >= 0.3 is 0 Å². The number of thiazole rings is 1. The Morgan fingerprint density at radius 2 is 1.96 bits per heavy atom. The summed E-state index contributed by atoms with van der Waals surface area (Å²) in [6.45, 7) is 1.97. The highest BCUT2D eigenvalue weighted by Gasteiger charge is 2.27. The fraction of sp³-hybridized carbons (Fsp3) is 0.158. The zero-order chi connectivity index (χ0) is 18.8. The molecule has 7 nitrogen and oxygen atoms in total. The molecule has 2 heterocycles. The van der Waals surface area contributed by atoms with Crippen LogP contribution in [0.1, 0.15) is 12.0 Å². The average molecular weight is 379 g/mol. The van der Waals surface area contributed by atoms with E-state index in [0.29, 0.717) is 10.8 Å². The molecule has 27 heavy (non-hydrogen) atoms. The highest BCUT2D eigenvalue weighted by atomic mass is 32.1. The molecule has 2 amide bonds. The number of guanidine groups is 1. The van der Waals surface area contributed by atoms with E-state index >= 15 is 0 Å². The summed E-state index contributed by atoms with van der Waals surface area (Å²) in [5.41, 5.74) is 2.64. The fourth-order valence-electron chi connectivity index (χ4n) is 2.70. The van der Waals surface area contributed by atoms with Crippen molar-refractivity contribution < 1.29 is 9.59 Å². The highest BCUT2D eigenvalue weighted by molar-refractivity contribution is 7.22. The molecule has 1 atom stereocenters. The lowest BCUT2D eigenvalue weighted by atomic mass is 10.1. The van der Waals surface area contributed by atoms with Gasteiger partial charge in [0.2, 0.25) is 17.8 Å². The van der Waals surface area contributed by atoms with Gasteiger partial charge in [-0.25, -0.2) is 9.98 Å². The average Bonchev–Trinajstić information content (AvgIpc) is 3.05. The molecule has 4 rings (SSSR count). The Balaban J connectivity index is 1.50. The topological polar surface area (TPSA) is 95.5 Å². The van der Waals surface area contributed by atoms with E-state index < -0.39 is 6.04 Å². The molecule has 1 aliphatic heterocycles. The molecule has 1 aromatic heterocycles. The second kappa shape index (κ2) is 7.16. The number of aryl methyl sites for hydroxylation is 1. The van der Waals surface area contributed by atoms with Crippen LogP contribution in [-0.4, -0.2) is 28.8 Å². The zero-order valence-electron chi connectivity index (χ0n) is 14.5. The van der Waals surface area contributed by atoms with Crippen LogP contribution in [-0.2, 0) is 9.59 Å². The number of benzene rings is 2. The lowest BCUT2D eigenvalue weighted by Gasteiger charge is -2.20. The molecule has 8 heteroatoms. The Morgan fingerprint density at radius 1 is 1.19 bits per heavy atom. The molecule has 136 valence electrons. The Bertz CT molecular complexity index is 1010. The summed E-state index contributed by atoms with van der Waals surface area (Å²) in [7, 11) is 0. The monoisotopic (exact) mass is 379 g/mol. The molecule has 3 N–H and O–H groups in total. The minimum Gasteiger partial charge on any atom is -0.324 e. The first-order valence-electron chi connectivity index (χ1n) is 8.44. The molecule has 0 spiro atoms. The number of anilines is 2. The first-order valence-corrected chi connectivity index (χ1v) is 9.26. The Morgan fingerprint density at radius 3 is 2.74 bits per heavy atom. The molecule has 2 aromatic carbocycles. The van der Waals surface area contributed by atoms with Crippen LogP contribution in [0.3, 0.4) is 0 Å². The molecule has 1 aliphatic rings. The number of carbonyl (C=O) groups is 2. The minimum absolute atomic E-state index is 0.00270. The van der Waals surface area contributed by atoms with E-state index in [4.69, 9.17) is 0 Å². The van der Waals surface area contributed by atoms with Gasteiger partial charge in [-0.3, -0.25) is 14.9 Å². The number of rotatable bonds is 3. The molecule has 0 saturated carbocycles. The van der Waals surface area contributed by atoms with Crippen LogP contribution in [0.15, 0.2) is 53.5 Å². The van der Waals surface area contributed by atoms with Crippen LogP contribution >= 0.6 is 11.3 Å². The number of amides is 2. The van der Waals surface area contributed by atoms with Crippen molar-refractivity contribution in [1.82, 2.24) is 10.3 Å². The number of para-hydroxylation sites is 1. The van der Waals surface area contributed by atoms with Crippen LogP contribution in [0.2, 0.25) is 0 Å². The number of nitrogens with zero attached hydrogens (tertiary/aromatic N) is 2. The maximum absolute atomic E-state index is 12.5. The summed E-state index contributed by atoms with van der Waals surface area (Å²) in [4.78, 5) is 33.3. The molecule has 0 radical (unpaired) electrons. The van der Waals surface area contributed by atoms with Gasteiger partial charge in [0.1, 0.15) is 6.04 Å². The second-order valence-electron chi connectivity index (χ2n) is 6.21. The SMILES string of the molecule is Cc1ccc(NC(=O)[C@@H]2CC(=O)NC(Nc3nc4ccccc4s3)=N2)cc1. The van der Waals surface area contributed by atoms with E-state index in [0.717, 1.165) is 15.8 Å². The van der Waals surface area contributed by atoms with Crippen LogP contribution < -0.4 is 16.0 Å². The van der Waals surface area contributed by atoms with Crippen LogP contribution in [0.5, 0.6) is 0 Å². The van der Waals surface area contributed by atoms with E-state index in [1.165, 1.54) is 11.3 Å². The number of carbonyl (C=O) groups excluding carboxylic acids is 2. The third kappa shape index (κ3) is 3.95. The third-order valence-electron chi connectivity index (χ3n) is 4.06. The predicted octanol–water partition coefficient (Wildman–Crippen LogP) is 2.90. The van der Waals surface area contributed by atoms with Crippen LogP contribution in [0, 0.1) is 6.92 Å². The summed E-state index contributed by atoms with van der Waals surface area (Å²) in [6, 6.07) is 14.4. The molecule has 0 unspecified atom stereocenters. The number of fused-ring (bicyclic) bond motifs is 1. The van der Waals surface area contributed by atoms with Gasteiger partial charge < -0.3 is 10.6 Å². The Labute approximate surface area is 159 Å². The number of hydrogen-bond acceptors (Lipinski definition) is 6. The van der Waals surface area contributed by atoms with Crippen LogP contribution in [0.4, 0.5) is 10.8 Å². The number of aromatic nitrogens is 1. The van der Waals surface area contributed by atoms with Crippen molar-refractivity contribution in [3.63, 3.8) is 0 Å². The van der Waals surface area contributed by atoms with Gasteiger partial charge in [0.25, 0.3) is 0 Å². The smallest absolute Gasteiger partial charge is 0.249 e. The maximum atomic E-state index is 12.5. The minimum atomic E-state index is -0.795. The lowest BCUT2D eigenvalue weighted by molar-refractivity contribution is -0.124. The summed E-state index contributed by atoms with van der Waals surface area (Å²) in [5.74, 6) is -0.357. The standard InChI is InChI=1S/C19H17N5O2S/c1-11-6-8-12(9-7-11)20-17(26)14-10-16(25)23-18(21-14)24-19-22-13-4-2-3-5-15(13)27-19/h2-9,14H,10H2,1H3,(H,20,26)(H2,21,22,23,24,25)/t14-/m0/s1. The van der Waals surface area contributed by atoms with E-state index in [-0.39, 0.29) is 24.2 Å². The van der Waals surface area contributed by atoms with Crippen molar-refractivity contribution in [3.8, 4) is 0 Å². The molecular formula is C19H17N5O2S. The Kier molecular flexibility index (Phi) is 4.55. The summed E-state index contributed by atoms with van der Waals surface area (Å²) in [6.07, 6.45) is 0.00270. The molecular weight excluding hydrogens is 362 g/mol.